The molecule has 2 aromatic carbocycles. The lowest BCUT2D eigenvalue weighted by molar-refractivity contribution is 0.102. The molecule has 0 saturated heterocycles. The number of benzene rings is 2. The largest absolute Gasteiger partial charge is 0.475 e. The number of rotatable bonds is 4. The maximum atomic E-state index is 12.8. The first-order valence-electron chi connectivity index (χ1n) is 8.51. The van der Waals surface area contributed by atoms with Crippen LogP contribution in [0.25, 0.3) is 5.69 Å². The number of carbonyl (C=O) groups is 1. The molecule has 0 spiro atoms. The van der Waals surface area contributed by atoms with Crippen LogP contribution in [0.3, 0.4) is 0 Å². The monoisotopic (exact) mass is 424 g/mol. The number of aromatic nitrogens is 2. The summed E-state index contributed by atoms with van der Waals surface area (Å²) in [6.45, 7) is 3.16. The summed E-state index contributed by atoms with van der Waals surface area (Å²) < 4.78 is 8.20. The second-order valence-corrected chi connectivity index (χ2v) is 7.07. The number of anilines is 1. The van der Waals surface area contributed by atoms with Crippen LogP contribution in [0.5, 0.6) is 0 Å². The van der Waals surface area contributed by atoms with Gasteiger partial charge in [-0.05, 0) is 43.3 Å². The second kappa shape index (κ2) is 7.36. The third-order valence-electron chi connectivity index (χ3n) is 4.20. The lowest BCUT2D eigenvalue weighted by atomic mass is 10.2. The van der Waals surface area contributed by atoms with Crippen molar-refractivity contribution in [3.63, 3.8) is 0 Å². The third-order valence-corrected chi connectivity index (χ3v) is 4.73. The van der Waals surface area contributed by atoms with Gasteiger partial charge in [0.15, 0.2) is 0 Å². The molecule has 136 valence electrons. The first-order chi connectivity index (χ1) is 13.1. The van der Waals surface area contributed by atoms with Crippen molar-refractivity contribution in [3.8, 4) is 5.69 Å². The Hall–Kier alpha value is -2.93. The van der Waals surface area contributed by atoms with Crippen molar-refractivity contribution in [2.75, 3.05) is 18.5 Å². The summed E-state index contributed by atoms with van der Waals surface area (Å²) in [5.74, 6) is 0.808. The van der Waals surface area contributed by atoms with Crippen molar-refractivity contribution in [1.82, 2.24) is 9.78 Å². The molecule has 0 bridgehead atoms. The summed E-state index contributed by atoms with van der Waals surface area (Å²) >= 11 is 3.38. The number of hydrogen-bond donors (Lipinski definition) is 1. The average molecular weight is 425 g/mol. The Labute approximate surface area is 165 Å². The highest BCUT2D eigenvalue weighted by molar-refractivity contribution is 9.10. The van der Waals surface area contributed by atoms with E-state index in [1.54, 1.807) is 23.0 Å². The first kappa shape index (κ1) is 17.5. The summed E-state index contributed by atoms with van der Waals surface area (Å²) in [5, 5.41) is 7.43. The Kier molecular flexibility index (Phi) is 4.77. The standard InChI is InChI=1S/C20H17BrN4O2/c1-13-2-8-16(9-3-13)25-18(17(12-23-25)20-22-10-11-27-20)24-19(26)14-4-6-15(21)7-5-14/h2-9,12H,10-11H2,1H3,(H,24,26). The average Bonchev–Trinajstić information content (AvgIpc) is 3.33. The summed E-state index contributed by atoms with van der Waals surface area (Å²) in [5.41, 5.74) is 3.21. The molecule has 0 fully saturated rings. The van der Waals surface area contributed by atoms with Crippen LogP contribution in [0.4, 0.5) is 5.82 Å². The van der Waals surface area contributed by atoms with Gasteiger partial charge < -0.3 is 10.1 Å². The number of aliphatic imine (C=N–C) groups is 1. The van der Waals surface area contributed by atoms with Crippen molar-refractivity contribution in [1.29, 1.82) is 0 Å². The number of ether oxygens (including phenoxy) is 1. The molecule has 4 rings (SSSR count). The Morgan fingerprint density at radius 3 is 2.56 bits per heavy atom. The highest BCUT2D eigenvalue weighted by Gasteiger charge is 2.22. The zero-order valence-electron chi connectivity index (χ0n) is 14.6. The highest BCUT2D eigenvalue weighted by Crippen LogP contribution is 2.24. The predicted molar refractivity (Wildman–Crippen MR) is 108 cm³/mol. The maximum Gasteiger partial charge on any atom is 0.256 e. The van der Waals surface area contributed by atoms with E-state index in [-0.39, 0.29) is 5.91 Å². The van der Waals surface area contributed by atoms with Gasteiger partial charge in [0.05, 0.1) is 24.0 Å². The summed E-state index contributed by atoms with van der Waals surface area (Å²) in [4.78, 5) is 17.1. The maximum absolute atomic E-state index is 12.8. The Bertz CT molecular complexity index is 1010. The number of nitrogens with one attached hydrogen (secondary N) is 1. The SMILES string of the molecule is Cc1ccc(-n2ncc(C3=NCCO3)c2NC(=O)c2ccc(Br)cc2)cc1. The van der Waals surface area contributed by atoms with Gasteiger partial charge in [0.2, 0.25) is 5.90 Å². The number of halogens is 1. The molecule has 1 aliphatic heterocycles. The van der Waals surface area contributed by atoms with Crippen LogP contribution in [0.2, 0.25) is 0 Å². The summed E-state index contributed by atoms with van der Waals surface area (Å²) in [6, 6.07) is 15.1. The number of amides is 1. The zero-order chi connectivity index (χ0) is 18.8. The zero-order valence-corrected chi connectivity index (χ0v) is 16.2. The first-order valence-corrected chi connectivity index (χ1v) is 9.31. The minimum Gasteiger partial charge on any atom is -0.475 e. The quantitative estimate of drug-likeness (QED) is 0.688. The van der Waals surface area contributed by atoms with Crippen molar-refractivity contribution in [2.24, 2.45) is 4.99 Å². The molecule has 0 saturated carbocycles. The molecule has 0 aliphatic carbocycles. The third kappa shape index (κ3) is 3.64. The molecule has 7 heteroatoms. The molecule has 0 atom stereocenters. The fourth-order valence-electron chi connectivity index (χ4n) is 2.79. The van der Waals surface area contributed by atoms with Crippen LogP contribution >= 0.6 is 15.9 Å². The Morgan fingerprint density at radius 2 is 1.89 bits per heavy atom. The highest BCUT2D eigenvalue weighted by atomic mass is 79.9. The minimum atomic E-state index is -0.226. The van der Waals surface area contributed by atoms with Crippen LogP contribution in [0.15, 0.2) is 64.2 Å². The van der Waals surface area contributed by atoms with Crippen LogP contribution in [0, 0.1) is 6.92 Å². The molecule has 1 N–H and O–H groups in total. The van der Waals surface area contributed by atoms with E-state index in [0.29, 0.717) is 36.0 Å². The number of carbonyl (C=O) groups excluding carboxylic acids is 1. The number of hydrogen-bond acceptors (Lipinski definition) is 4. The Balaban J connectivity index is 1.74. The van der Waals surface area contributed by atoms with Crippen LogP contribution < -0.4 is 5.32 Å². The topological polar surface area (TPSA) is 68.5 Å². The van der Waals surface area contributed by atoms with Crippen LogP contribution in [-0.4, -0.2) is 34.7 Å². The van der Waals surface area contributed by atoms with E-state index in [4.69, 9.17) is 4.74 Å². The van der Waals surface area contributed by atoms with E-state index in [0.717, 1.165) is 15.7 Å². The van der Waals surface area contributed by atoms with E-state index in [1.807, 2.05) is 43.3 Å². The molecule has 3 aromatic rings. The number of aryl methyl sites for hydroxylation is 1. The predicted octanol–water partition coefficient (Wildman–Crippen LogP) is 3.97. The molecule has 1 amide bonds. The van der Waals surface area contributed by atoms with E-state index in [1.165, 1.54) is 0 Å². The molecular formula is C20H17BrN4O2. The van der Waals surface area contributed by atoms with Crippen molar-refractivity contribution in [3.05, 3.63) is 75.9 Å². The smallest absolute Gasteiger partial charge is 0.256 e. The number of nitrogens with zero attached hydrogens (tertiary/aromatic N) is 3. The fourth-order valence-corrected chi connectivity index (χ4v) is 3.05. The lowest BCUT2D eigenvalue weighted by Crippen LogP contribution is -2.17. The van der Waals surface area contributed by atoms with Crippen molar-refractivity contribution < 1.29 is 9.53 Å². The minimum absolute atomic E-state index is 0.226. The molecule has 6 nitrogen and oxygen atoms in total. The summed E-state index contributed by atoms with van der Waals surface area (Å²) in [6.07, 6.45) is 1.67. The van der Waals surface area contributed by atoms with Gasteiger partial charge in [0.25, 0.3) is 5.91 Å². The van der Waals surface area contributed by atoms with Gasteiger partial charge in [0.1, 0.15) is 12.4 Å². The van der Waals surface area contributed by atoms with E-state index < -0.39 is 0 Å². The van der Waals surface area contributed by atoms with E-state index in [9.17, 15) is 4.79 Å². The molecule has 1 aliphatic rings. The van der Waals surface area contributed by atoms with Gasteiger partial charge in [-0.25, -0.2) is 9.67 Å². The summed E-state index contributed by atoms with van der Waals surface area (Å²) in [7, 11) is 0. The van der Waals surface area contributed by atoms with Gasteiger partial charge >= 0.3 is 0 Å². The lowest BCUT2D eigenvalue weighted by Gasteiger charge is -2.12. The molecular weight excluding hydrogens is 408 g/mol. The van der Waals surface area contributed by atoms with Gasteiger partial charge in [-0.2, -0.15) is 5.10 Å². The van der Waals surface area contributed by atoms with Crippen LogP contribution in [0.1, 0.15) is 21.5 Å². The molecule has 0 unspecified atom stereocenters. The molecule has 0 radical (unpaired) electrons. The second-order valence-electron chi connectivity index (χ2n) is 6.15. The van der Waals surface area contributed by atoms with E-state index in [2.05, 4.69) is 31.3 Å². The molecule has 2 heterocycles. The van der Waals surface area contributed by atoms with Gasteiger partial charge in [-0.1, -0.05) is 33.6 Å². The molecule has 27 heavy (non-hydrogen) atoms. The van der Waals surface area contributed by atoms with Crippen LogP contribution in [-0.2, 0) is 4.74 Å². The normalized spacial score (nSPS) is 13.2. The Morgan fingerprint density at radius 1 is 1.15 bits per heavy atom. The van der Waals surface area contributed by atoms with Gasteiger partial charge in [-0.15, -0.1) is 0 Å². The van der Waals surface area contributed by atoms with Gasteiger partial charge in [0, 0.05) is 10.0 Å². The van der Waals surface area contributed by atoms with E-state index >= 15 is 0 Å². The van der Waals surface area contributed by atoms with Gasteiger partial charge in [-0.3, -0.25) is 4.79 Å². The fraction of sp³-hybridized carbons (Fsp3) is 0.150. The van der Waals surface area contributed by atoms with Crippen molar-refractivity contribution in [2.45, 2.75) is 6.92 Å². The molecule has 1 aromatic heterocycles. The van der Waals surface area contributed by atoms with Crippen molar-refractivity contribution >= 4 is 33.6 Å².